The van der Waals surface area contributed by atoms with E-state index < -0.39 is 11.7 Å². The van der Waals surface area contributed by atoms with E-state index in [4.69, 9.17) is 39.5 Å². The van der Waals surface area contributed by atoms with Gasteiger partial charge in [0.15, 0.2) is 0 Å². The van der Waals surface area contributed by atoms with E-state index in [1.165, 1.54) is 0 Å². The molecule has 1 amide bonds. The van der Waals surface area contributed by atoms with Crippen molar-refractivity contribution in [3.05, 3.63) is 69.2 Å². The number of H-pyrrole nitrogens is 1. The van der Waals surface area contributed by atoms with Gasteiger partial charge >= 0.3 is 6.09 Å². The highest BCUT2D eigenvalue weighted by Crippen LogP contribution is 2.34. The third-order valence-electron chi connectivity index (χ3n) is 5.03. The summed E-state index contributed by atoms with van der Waals surface area (Å²) in [7, 11) is 0. The lowest BCUT2D eigenvalue weighted by molar-refractivity contribution is 0.0523. The summed E-state index contributed by atoms with van der Waals surface area (Å²) in [5.74, 6) is 0. The normalized spacial score (nSPS) is 11.7. The molecule has 0 aliphatic rings. The summed E-state index contributed by atoms with van der Waals surface area (Å²) < 4.78 is 5.28. The minimum Gasteiger partial charge on any atom is -0.444 e. The molecule has 0 radical (unpaired) electrons. The fraction of sp³-hybridized carbons (Fsp3) is 0.240. The monoisotopic (exact) mass is 518 g/mol. The molecule has 0 aliphatic carbocycles. The van der Waals surface area contributed by atoms with Crippen molar-refractivity contribution in [3.8, 4) is 0 Å². The fourth-order valence-corrected chi connectivity index (χ4v) is 4.11. The summed E-state index contributed by atoms with van der Waals surface area (Å²) in [4.78, 5) is 15.4. The van der Waals surface area contributed by atoms with Gasteiger partial charge in [-0.25, -0.2) is 4.79 Å². The molecule has 4 rings (SSSR count). The van der Waals surface area contributed by atoms with Crippen molar-refractivity contribution in [1.82, 2.24) is 15.6 Å². The zero-order chi connectivity index (χ0) is 24.5. The molecule has 178 valence electrons. The van der Waals surface area contributed by atoms with Crippen LogP contribution < -0.4 is 16.0 Å². The summed E-state index contributed by atoms with van der Waals surface area (Å²) >= 11 is 18.5. The summed E-state index contributed by atoms with van der Waals surface area (Å²) in [6.45, 7) is 6.23. The molecule has 3 aromatic carbocycles. The van der Waals surface area contributed by atoms with Gasteiger partial charge in [0.2, 0.25) is 0 Å². The maximum Gasteiger partial charge on any atom is 0.408 e. The Bertz CT molecular complexity index is 1360. The molecule has 4 aromatic rings. The van der Waals surface area contributed by atoms with Crippen LogP contribution in [-0.2, 0) is 11.3 Å². The molecular weight excluding hydrogens is 495 g/mol. The number of benzene rings is 3. The zero-order valence-corrected chi connectivity index (χ0v) is 21.3. The van der Waals surface area contributed by atoms with Crippen LogP contribution in [0.5, 0.6) is 0 Å². The second kappa shape index (κ2) is 9.92. The van der Waals surface area contributed by atoms with Crippen molar-refractivity contribution < 1.29 is 9.53 Å². The van der Waals surface area contributed by atoms with E-state index in [1.807, 2.05) is 51.1 Å². The number of aromatic amines is 1. The first-order chi connectivity index (χ1) is 16.1. The molecule has 0 bridgehead atoms. The van der Waals surface area contributed by atoms with Gasteiger partial charge < -0.3 is 20.4 Å². The van der Waals surface area contributed by atoms with E-state index in [0.29, 0.717) is 21.6 Å². The molecule has 4 N–H and O–H groups in total. The average Bonchev–Trinajstić information content (AvgIpc) is 3.10. The Kier molecular flexibility index (Phi) is 7.14. The van der Waals surface area contributed by atoms with Crippen LogP contribution in [0.25, 0.3) is 21.8 Å². The quantitative estimate of drug-likeness (QED) is 0.156. The van der Waals surface area contributed by atoms with Crippen LogP contribution in [0.15, 0.2) is 48.5 Å². The number of nitrogens with one attached hydrogen (secondary N) is 4. The molecule has 1 heterocycles. The molecule has 0 saturated heterocycles. The van der Waals surface area contributed by atoms with Crippen molar-refractivity contribution in [1.29, 1.82) is 0 Å². The van der Waals surface area contributed by atoms with E-state index in [9.17, 15) is 4.79 Å². The molecular formula is C25H25Cl3N4O2. The van der Waals surface area contributed by atoms with Crippen LogP contribution in [0.4, 0.5) is 16.2 Å². The maximum absolute atomic E-state index is 11.9. The molecule has 9 heteroatoms. The number of hydrogen-bond donors (Lipinski definition) is 4. The van der Waals surface area contributed by atoms with Gasteiger partial charge in [-0.2, -0.15) is 0 Å². The first-order valence-corrected chi connectivity index (χ1v) is 11.9. The summed E-state index contributed by atoms with van der Waals surface area (Å²) in [6, 6.07) is 15.3. The maximum atomic E-state index is 11.9. The van der Waals surface area contributed by atoms with E-state index >= 15 is 0 Å². The lowest BCUT2D eigenvalue weighted by Crippen LogP contribution is -2.37. The number of amides is 1. The Balaban J connectivity index is 1.61. The van der Waals surface area contributed by atoms with Gasteiger partial charge in [-0.3, -0.25) is 5.32 Å². The minimum absolute atomic E-state index is 0.257. The third-order valence-corrected chi connectivity index (χ3v) is 6.01. The SMILES string of the molecule is CC(C)(C)OC(=O)NCNCc1cc(Nc2ccc(Cl)c(Cl)c2)cc2c1[nH]c1ccc(Cl)cc12. The smallest absolute Gasteiger partial charge is 0.408 e. The topological polar surface area (TPSA) is 78.2 Å². The van der Waals surface area contributed by atoms with Crippen LogP contribution in [-0.4, -0.2) is 23.3 Å². The number of fused-ring (bicyclic) bond motifs is 3. The molecule has 34 heavy (non-hydrogen) atoms. The molecule has 6 nitrogen and oxygen atoms in total. The second-order valence-electron chi connectivity index (χ2n) is 8.91. The molecule has 0 atom stereocenters. The van der Waals surface area contributed by atoms with E-state index in [0.717, 1.165) is 38.7 Å². The van der Waals surface area contributed by atoms with Gasteiger partial charge in [0.05, 0.1) is 22.2 Å². The van der Waals surface area contributed by atoms with Crippen molar-refractivity contribution in [2.75, 3.05) is 12.0 Å². The molecule has 1 aromatic heterocycles. The first kappa shape index (κ1) is 24.5. The van der Waals surface area contributed by atoms with Gasteiger partial charge in [0.1, 0.15) is 5.60 Å². The summed E-state index contributed by atoms with van der Waals surface area (Å²) in [6.07, 6.45) is -0.472. The Morgan fingerprint density at radius 2 is 1.74 bits per heavy atom. The van der Waals surface area contributed by atoms with Crippen molar-refractivity contribution in [2.45, 2.75) is 32.9 Å². The average molecular weight is 520 g/mol. The molecule has 0 aliphatic heterocycles. The predicted octanol–water partition coefficient (Wildman–Crippen LogP) is 7.60. The second-order valence-corrected chi connectivity index (χ2v) is 10.2. The van der Waals surface area contributed by atoms with Gasteiger partial charge in [0, 0.05) is 39.2 Å². The van der Waals surface area contributed by atoms with Gasteiger partial charge in [-0.15, -0.1) is 0 Å². The lowest BCUT2D eigenvalue weighted by atomic mass is 10.1. The van der Waals surface area contributed by atoms with Crippen molar-refractivity contribution in [2.24, 2.45) is 0 Å². The summed E-state index contributed by atoms with van der Waals surface area (Å²) in [5, 5.41) is 13.0. The number of alkyl carbamates (subject to hydrolysis) is 1. The van der Waals surface area contributed by atoms with Crippen molar-refractivity contribution in [3.63, 3.8) is 0 Å². The van der Waals surface area contributed by atoms with Crippen LogP contribution in [0, 0.1) is 0 Å². The highest BCUT2D eigenvalue weighted by atomic mass is 35.5. The Morgan fingerprint density at radius 1 is 0.941 bits per heavy atom. The number of hydrogen-bond acceptors (Lipinski definition) is 4. The van der Waals surface area contributed by atoms with Gasteiger partial charge in [0.25, 0.3) is 0 Å². The highest BCUT2D eigenvalue weighted by molar-refractivity contribution is 6.42. The Labute approximate surface area is 212 Å². The van der Waals surface area contributed by atoms with Crippen LogP contribution in [0.2, 0.25) is 15.1 Å². The number of carbonyl (C=O) groups is 1. The fourth-order valence-electron chi connectivity index (χ4n) is 3.64. The van der Waals surface area contributed by atoms with Crippen LogP contribution >= 0.6 is 34.8 Å². The zero-order valence-electron chi connectivity index (χ0n) is 19.0. The van der Waals surface area contributed by atoms with E-state index in [2.05, 4.69) is 27.0 Å². The highest BCUT2D eigenvalue weighted by Gasteiger charge is 2.16. The number of anilines is 2. The molecule has 0 saturated carbocycles. The minimum atomic E-state index is -0.549. The van der Waals surface area contributed by atoms with Crippen molar-refractivity contribution >= 4 is 74.1 Å². The molecule has 0 unspecified atom stereocenters. The number of aromatic nitrogens is 1. The number of halogens is 3. The van der Waals surface area contributed by atoms with E-state index in [1.54, 1.807) is 12.1 Å². The van der Waals surface area contributed by atoms with Gasteiger partial charge in [-0.05, 0) is 74.9 Å². The van der Waals surface area contributed by atoms with E-state index in [-0.39, 0.29) is 6.67 Å². The Hall–Kier alpha value is -2.64. The van der Waals surface area contributed by atoms with Crippen LogP contribution in [0.3, 0.4) is 0 Å². The van der Waals surface area contributed by atoms with Crippen LogP contribution in [0.1, 0.15) is 26.3 Å². The lowest BCUT2D eigenvalue weighted by Gasteiger charge is -2.19. The summed E-state index contributed by atoms with van der Waals surface area (Å²) in [5.41, 5.74) is 4.13. The van der Waals surface area contributed by atoms with Gasteiger partial charge in [-0.1, -0.05) is 34.8 Å². The molecule has 0 fully saturated rings. The number of ether oxygens (including phenoxy) is 1. The largest absolute Gasteiger partial charge is 0.444 e. The Morgan fingerprint density at radius 3 is 2.47 bits per heavy atom. The first-order valence-electron chi connectivity index (χ1n) is 10.7. The third kappa shape index (κ3) is 5.88. The molecule has 0 spiro atoms. The number of rotatable bonds is 6. The predicted molar refractivity (Wildman–Crippen MR) is 142 cm³/mol. The standard InChI is InChI=1S/C25H25Cl3N4O2/c1-25(2,3)34-24(33)30-13-29-12-14-8-17(31-16-5-6-20(27)21(28)11-16)10-19-18-9-15(26)4-7-22(18)32-23(14)19/h4-11,29,31-32H,12-13H2,1-3H3,(H,30,33). The number of carbonyl (C=O) groups excluding carboxylic acids is 1.